The van der Waals surface area contributed by atoms with Gasteiger partial charge in [0.1, 0.15) is 11.5 Å². The Bertz CT molecular complexity index is 687. The minimum Gasteiger partial charge on any atom is -0.302 e. The van der Waals surface area contributed by atoms with E-state index in [-0.39, 0.29) is 45.4 Å². The van der Waals surface area contributed by atoms with Gasteiger partial charge in [0.25, 0.3) is 11.8 Å². The van der Waals surface area contributed by atoms with Crippen molar-refractivity contribution in [3.63, 3.8) is 0 Å². The van der Waals surface area contributed by atoms with Crippen LogP contribution in [-0.4, -0.2) is 33.9 Å². The van der Waals surface area contributed by atoms with Gasteiger partial charge in [-0.2, -0.15) is 0 Å². The number of carbonyl (C=O) groups is 4. The number of hydrogen-bond acceptors (Lipinski definition) is 6. The SMILES string of the molecule is O=C1NC(=S)NC(=O)C1=C/C=C/C=C/C1C(=O)NC(=S)NC1=O.[Na+]. The van der Waals surface area contributed by atoms with E-state index in [1.165, 1.54) is 30.4 Å². The molecule has 118 valence electrons. The molecule has 0 unspecified atom stereocenters. The van der Waals surface area contributed by atoms with Crippen molar-refractivity contribution in [2.24, 2.45) is 5.92 Å². The molecule has 2 aliphatic rings. The van der Waals surface area contributed by atoms with Gasteiger partial charge < -0.3 is 10.6 Å². The third kappa shape index (κ3) is 5.14. The predicted molar refractivity (Wildman–Crippen MR) is 87.6 cm³/mol. The summed E-state index contributed by atoms with van der Waals surface area (Å²) in [6.07, 6.45) is 6.97. The first kappa shape index (κ1) is 20.3. The zero-order valence-corrected chi connectivity index (χ0v) is 16.0. The van der Waals surface area contributed by atoms with Crippen LogP contribution in [0.2, 0.25) is 0 Å². The van der Waals surface area contributed by atoms with Crippen molar-refractivity contribution in [2.75, 3.05) is 0 Å². The summed E-state index contributed by atoms with van der Waals surface area (Å²) >= 11 is 9.34. The summed E-state index contributed by atoms with van der Waals surface area (Å²) in [7, 11) is 0. The molecule has 0 aromatic carbocycles. The molecule has 2 heterocycles. The molecule has 0 aliphatic carbocycles. The standard InChI is InChI=1S/C13H10N4O4S2.Na/c18-8-6(9(19)15-12(22)14-8)4-2-1-3-5-7-10(20)16-13(23)17-11(7)21;/h1-6H,(H2,14,15,18,19,22)(H2,16,17,20,21,23);/q;+1/b3-1+,4-2+;. The fraction of sp³-hybridized carbons (Fsp3) is 0.0769. The van der Waals surface area contributed by atoms with Gasteiger partial charge in [-0.25, -0.2) is 0 Å². The van der Waals surface area contributed by atoms with E-state index in [9.17, 15) is 19.2 Å². The summed E-state index contributed by atoms with van der Waals surface area (Å²) in [5, 5.41) is 9.15. The quantitative estimate of drug-likeness (QED) is 0.0994. The molecule has 2 aliphatic heterocycles. The topological polar surface area (TPSA) is 116 Å². The average molecular weight is 373 g/mol. The molecule has 0 aromatic rings. The number of allylic oxidation sites excluding steroid dienone is 4. The molecule has 0 bridgehead atoms. The summed E-state index contributed by atoms with van der Waals surface area (Å²) in [5.41, 5.74) is -0.109. The molecule has 0 atom stereocenters. The number of hydrogen-bond donors (Lipinski definition) is 4. The van der Waals surface area contributed by atoms with Gasteiger partial charge in [-0.15, -0.1) is 0 Å². The average Bonchev–Trinajstić information content (AvgIpc) is 2.42. The van der Waals surface area contributed by atoms with E-state index in [0.717, 1.165) is 0 Å². The molecule has 2 rings (SSSR count). The Morgan fingerprint density at radius 3 is 1.79 bits per heavy atom. The van der Waals surface area contributed by atoms with E-state index in [0.29, 0.717) is 0 Å². The second-order valence-corrected chi connectivity index (χ2v) is 5.19. The van der Waals surface area contributed by atoms with E-state index >= 15 is 0 Å². The first-order valence-electron chi connectivity index (χ1n) is 6.26. The van der Waals surface area contributed by atoms with Crippen molar-refractivity contribution in [2.45, 2.75) is 0 Å². The number of thiocarbonyl (C=S) groups is 2. The largest absolute Gasteiger partial charge is 1.00 e. The van der Waals surface area contributed by atoms with Gasteiger partial charge in [-0.1, -0.05) is 24.3 Å². The van der Waals surface area contributed by atoms with Crippen molar-refractivity contribution in [3.05, 3.63) is 36.0 Å². The van der Waals surface area contributed by atoms with Crippen molar-refractivity contribution >= 4 is 58.3 Å². The summed E-state index contributed by atoms with van der Waals surface area (Å²) in [5.74, 6) is -3.26. The molecule has 0 spiro atoms. The molecule has 0 radical (unpaired) electrons. The van der Waals surface area contributed by atoms with E-state index in [4.69, 9.17) is 0 Å². The van der Waals surface area contributed by atoms with Gasteiger partial charge in [0.05, 0.1) is 0 Å². The third-order valence-corrected chi connectivity index (χ3v) is 3.18. The first-order valence-corrected chi connectivity index (χ1v) is 7.07. The zero-order chi connectivity index (χ0) is 17.0. The van der Waals surface area contributed by atoms with Crippen LogP contribution in [0.3, 0.4) is 0 Å². The molecule has 24 heavy (non-hydrogen) atoms. The number of amides is 4. The molecule has 4 amide bonds. The maximum Gasteiger partial charge on any atom is 1.00 e. The van der Waals surface area contributed by atoms with E-state index < -0.39 is 29.5 Å². The van der Waals surface area contributed by atoms with E-state index in [1.807, 2.05) is 0 Å². The van der Waals surface area contributed by atoms with Crippen LogP contribution in [0, 0.1) is 5.92 Å². The Hall–Kier alpha value is -1.72. The van der Waals surface area contributed by atoms with Crippen molar-refractivity contribution in [1.29, 1.82) is 0 Å². The van der Waals surface area contributed by atoms with Crippen molar-refractivity contribution in [3.8, 4) is 0 Å². The molecule has 0 saturated carbocycles. The number of rotatable bonds is 3. The smallest absolute Gasteiger partial charge is 0.302 e. The Balaban J connectivity index is 0.00000288. The molecular formula is C13H10N4NaO4S2+. The van der Waals surface area contributed by atoms with Gasteiger partial charge in [0.2, 0.25) is 11.8 Å². The van der Waals surface area contributed by atoms with E-state index in [2.05, 4.69) is 45.7 Å². The van der Waals surface area contributed by atoms with Gasteiger partial charge in [0, 0.05) is 0 Å². The molecule has 11 heteroatoms. The second-order valence-electron chi connectivity index (χ2n) is 4.37. The number of carbonyl (C=O) groups excluding carboxylic acids is 4. The summed E-state index contributed by atoms with van der Waals surface area (Å²) in [6, 6.07) is 0. The monoisotopic (exact) mass is 373 g/mol. The van der Waals surface area contributed by atoms with Gasteiger partial charge >= 0.3 is 29.6 Å². The third-order valence-electron chi connectivity index (χ3n) is 2.77. The fourth-order valence-corrected chi connectivity index (χ4v) is 2.11. The summed E-state index contributed by atoms with van der Waals surface area (Å²) in [6.45, 7) is 0. The molecular weight excluding hydrogens is 363 g/mol. The van der Waals surface area contributed by atoms with Crippen molar-refractivity contribution in [1.82, 2.24) is 21.3 Å². The molecule has 2 fully saturated rings. The molecule has 2 saturated heterocycles. The Morgan fingerprint density at radius 2 is 1.25 bits per heavy atom. The minimum absolute atomic E-state index is 0. The van der Waals surface area contributed by atoms with Crippen LogP contribution in [0.4, 0.5) is 0 Å². The maximum atomic E-state index is 11.6. The van der Waals surface area contributed by atoms with Gasteiger partial charge in [0.15, 0.2) is 10.2 Å². The summed E-state index contributed by atoms with van der Waals surface area (Å²) < 4.78 is 0. The van der Waals surface area contributed by atoms with Crippen LogP contribution in [0.15, 0.2) is 36.0 Å². The predicted octanol–water partition coefficient (Wildman–Crippen LogP) is -4.29. The molecule has 4 N–H and O–H groups in total. The Kier molecular flexibility index (Phi) is 7.58. The van der Waals surface area contributed by atoms with Crippen LogP contribution in [-0.2, 0) is 19.2 Å². The van der Waals surface area contributed by atoms with Gasteiger partial charge in [-0.3, -0.25) is 29.8 Å². The zero-order valence-electron chi connectivity index (χ0n) is 12.4. The van der Waals surface area contributed by atoms with Crippen LogP contribution in [0.1, 0.15) is 0 Å². The normalized spacial score (nSPS) is 18.9. The Morgan fingerprint density at radius 1 is 0.750 bits per heavy atom. The molecule has 8 nitrogen and oxygen atoms in total. The number of nitrogens with one attached hydrogen (secondary N) is 4. The van der Waals surface area contributed by atoms with Crippen LogP contribution in [0.25, 0.3) is 0 Å². The maximum absolute atomic E-state index is 11.6. The van der Waals surface area contributed by atoms with Crippen LogP contribution in [0.5, 0.6) is 0 Å². The molecule has 0 aromatic heterocycles. The second kappa shape index (κ2) is 8.94. The minimum atomic E-state index is -1.00. The fourth-order valence-electron chi connectivity index (χ4n) is 1.72. The van der Waals surface area contributed by atoms with E-state index in [1.54, 1.807) is 0 Å². The van der Waals surface area contributed by atoms with Crippen LogP contribution < -0.4 is 50.8 Å². The Labute approximate surface area is 169 Å². The first-order chi connectivity index (χ1) is 10.9. The van der Waals surface area contributed by atoms with Crippen molar-refractivity contribution < 1.29 is 48.7 Å². The summed E-state index contributed by atoms with van der Waals surface area (Å²) in [4.78, 5) is 46.2. The van der Waals surface area contributed by atoms with Gasteiger partial charge in [-0.05, 0) is 30.5 Å². The van der Waals surface area contributed by atoms with Crippen LogP contribution >= 0.6 is 24.4 Å².